The second kappa shape index (κ2) is 3.48. The van der Waals surface area contributed by atoms with Crippen LogP contribution in [0.5, 0.6) is 6.01 Å². The van der Waals surface area contributed by atoms with Gasteiger partial charge in [-0.3, -0.25) is 0 Å². The maximum absolute atomic E-state index is 10.5. The van der Waals surface area contributed by atoms with Gasteiger partial charge in [-0.15, -0.1) is 0 Å². The van der Waals surface area contributed by atoms with Gasteiger partial charge in [-0.25, -0.2) is 4.79 Å². The van der Waals surface area contributed by atoms with Crippen LogP contribution in [-0.2, 0) is 0 Å². The SMILES string of the molecule is COc1nc(Br)cc(C(=O)O)n1. The Labute approximate surface area is 76.5 Å². The molecular weight excluding hydrogens is 228 g/mol. The summed E-state index contributed by atoms with van der Waals surface area (Å²) in [5.74, 6) is -1.11. The zero-order chi connectivity index (χ0) is 9.14. The van der Waals surface area contributed by atoms with Gasteiger partial charge in [-0.2, -0.15) is 9.97 Å². The first-order valence-electron chi connectivity index (χ1n) is 2.95. The zero-order valence-corrected chi connectivity index (χ0v) is 7.70. The molecule has 1 aromatic heterocycles. The monoisotopic (exact) mass is 232 g/mol. The van der Waals surface area contributed by atoms with Gasteiger partial charge < -0.3 is 9.84 Å². The second-order valence-electron chi connectivity index (χ2n) is 1.87. The molecule has 0 aliphatic rings. The normalized spacial score (nSPS) is 9.50. The Balaban J connectivity index is 3.15. The highest BCUT2D eigenvalue weighted by atomic mass is 79.9. The first-order chi connectivity index (χ1) is 5.63. The van der Waals surface area contributed by atoms with Crippen LogP contribution in [0.4, 0.5) is 0 Å². The van der Waals surface area contributed by atoms with Gasteiger partial charge >= 0.3 is 12.0 Å². The summed E-state index contributed by atoms with van der Waals surface area (Å²) in [5.41, 5.74) is -0.103. The molecule has 0 aliphatic carbocycles. The predicted molar refractivity (Wildman–Crippen MR) is 43.2 cm³/mol. The third-order valence-electron chi connectivity index (χ3n) is 1.08. The minimum atomic E-state index is -1.11. The van der Waals surface area contributed by atoms with Crippen molar-refractivity contribution in [3.05, 3.63) is 16.4 Å². The first-order valence-corrected chi connectivity index (χ1v) is 3.74. The second-order valence-corrected chi connectivity index (χ2v) is 2.68. The Morgan fingerprint density at radius 1 is 1.67 bits per heavy atom. The number of carboxylic acids is 1. The Morgan fingerprint density at radius 3 is 2.83 bits per heavy atom. The van der Waals surface area contributed by atoms with Crippen molar-refractivity contribution in [3.63, 3.8) is 0 Å². The van der Waals surface area contributed by atoms with E-state index in [9.17, 15) is 4.79 Å². The van der Waals surface area contributed by atoms with E-state index in [1.54, 1.807) is 0 Å². The summed E-state index contributed by atoms with van der Waals surface area (Å²) in [6, 6.07) is 1.33. The molecule has 0 spiro atoms. The van der Waals surface area contributed by atoms with Gasteiger partial charge in [0.05, 0.1) is 7.11 Å². The Bertz CT molecular complexity index is 316. The molecule has 0 aromatic carbocycles. The molecule has 1 rings (SSSR count). The van der Waals surface area contributed by atoms with Crippen molar-refractivity contribution < 1.29 is 14.6 Å². The number of aromatic carboxylic acids is 1. The molecule has 0 radical (unpaired) electrons. The van der Waals surface area contributed by atoms with Crippen molar-refractivity contribution >= 4 is 21.9 Å². The molecule has 6 heteroatoms. The molecule has 0 fully saturated rings. The number of nitrogens with zero attached hydrogens (tertiary/aromatic N) is 2. The lowest BCUT2D eigenvalue weighted by Crippen LogP contribution is -2.03. The maximum Gasteiger partial charge on any atom is 0.354 e. The summed E-state index contributed by atoms with van der Waals surface area (Å²) in [5, 5.41) is 8.56. The number of methoxy groups -OCH3 is 1. The van der Waals surface area contributed by atoms with E-state index in [1.807, 2.05) is 0 Å². The van der Waals surface area contributed by atoms with Crippen LogP contribution in [0.1, 0.15) is 10.5 Å². The summed E-state index contributed by atoms with van der Waals surface area (Å²) in [7, 11) is 1.37. The Hall–Kier alpha value is -1.17. The molecule has 0 aliphatic heterocycles. The van der Waals surface area contributed by atoms with E-state index >= 15 is 0 Å². The largest absolute Gasteiger partial charge is 0.477 e. The van der Waals surface area contributed by atoms with Crippen LogP contribution in [0.15, 0.2) is 10.7 Å². The number of hydrogen-bond acceptors (Lipinski definition) is 4. The van der Waals surface area contributed by atoms with E-state index in [4.69, 9.17) is 5.11 Å². The van der Waals surface area contributed by atoms with Crippen LogP contribution >= 0.6 is 15.9 Å². The molecule has 1 N–H and O–H groups in total. The topological polar surface area (TPSA) is 72.3 Å². The molecule has 0 saturated heterocycles. The highest BCUT2D eigenvalue weighted by Gasteiger charge is 2.08. The minimum Gasteiger partial charge on any atom is -0.477 e. The summed E-state index contributed by atoms with van der Waals surface area (Å²) >= 11 is 3.03. The molecule has 5 nitrogen and oxygen atoms in total. The highest BCUT2D eigenvalue weighted by molar-refractivity contribution is 9.10. The standard InChI is InChI=1S/C6H5BrN2O3/c1-12-6-8-3(5(10)11)2-4(7)9-6/h2H,1H3,(H,10,11). The van der Waals surface area contributed by atoms with Crippen molar-refractivity contribution in [2.75, 3.05) is 7.11 Å². The number of hydrogen-bond donors (Lipinski definition) is 1. The van der Waals surface area contributed by atoms with Crippen molar-refractivity contribution in [2.24, 2.45) is 0 Å². The number of halogens is 1. The predicted octanol–water partition coefficient (Wildman–Crippen LogP) is 0.946. The quantitative estimate of drug-likeness (QED) is 0.769. The zero-order valence-electron chi connectivity index (χ0n) is 6.11. The first kappa shape index (κ1) is 8.92. The van der Waals surface area contributed by atoms with Gasteiger partial charge in [0.2, 0.25) is 0 Å². The molecule has 0 unspecified atom stereocenters. The molecule has 0 amide bonds. The maximum atomic E-state index is 10.5. The van der Waals surface area contributed by atoms with Crippen LogP contribution in [0.25, 0.3) is 0 Å². The van der Waals surface area contributed by atoms with Crippen molar-refractivity contribution in [3.8, 4) is 6.01 Å². The lowest BCUT2D eigenvalue weighted by molar-refractivity contribution is 0.0689. The van der Waals surface area contributed by atoms with E-state index in [0.29, 0.717) is 4.60 Å². The summed E-state index contributed by atoms with van der Waals surface area (Å²) in [6.45, 7) is 0. The molecule has 1 heterocycles. The van der Waals surface area contributed by atoms with Crippen LogP contribution in [-0.4, -0.2) is 28.2 Å². The molecule has 64 valence electrons. The number of ether oxygens (including phenoxy) is 1. The van der Waals surface area contributed by atoms with E-state index in [1.165, 1.54) is 13.2 Å². The van der Waals surface area contributed by atoms with Crippen LogP contribution in [0.3, 0.4) is 0 Å². The molecule has 0 saturated carbocycles. The highest BCUT2D eigenvalue weighted by Crippen LogP contribution is 2.12. The number of aromatic nitrogens is 2. The van der Waals surface area contributed by atoms with Crippen LogP contribution in [0.2, 0.25) is 0 Å². The van der Waals surface area contributed by atoms with Crippen molar-refractivity contribution in [1.29, 1.82) is 0 Å². The third-order valence-corrected chi connectivity index (χ3v) is 1.48. The summed E-state index contributed by atoms with van der Waals surface area (Å²) in [4.78, 5) is 17.8. The van der Waals surface area contributed by atoms with E-state index in [2.05, 4.69) is 30.6 Å². The van der Waals surface area contributed by atoms with E-state index in [-0.39, 0.29) is 11.7 Å². The van der Waals surface area contributed by atoms with Gasteiger partial charge in [-0.1, -0.05) is 0 Å². The lowest BCUT2D eigenvalue weighted by atomic mass is 10.4. The Morgan fingerprint density at radius 2 is 2.33 bits per heavy atom. The molecular formula is C6H5BrN2O3. The fourth-order valence-corrected chi connectivity index (χ4v) is 0.966. The minimum absolute atomic E-state index is 0.0294. The van der Waals surface area contributed by atoms with Gasteiger partial charge in [-0.05, 0) is 15.9 Å². The third kappa shape index (κ3) is 1.91. The summed E-state index contributed by atoms with van der Waals surface area (Å²) in [6.07, 6.45) is 0. The molecule has 12 heavy (non-hydrogen) atoms. The number of carbonyl (C=O) groups is 1. The average Bonchev–Trinajstić information content (AvgIpc) is 2.03. The van der Waals surface area contributed by atoms with Crippen molar-refractivity contribution in [1.82, 2.24) is 9.97 Å². The average molecular weight is 233 g/mol. The number of rotatable bonds is 2. The summed E-state index contributed by atoms with van der Waals surface area (Å²) < 4.78 is 5.05. The smallest absolute Gasteiger partial charge is 0.354 e. The molecule has 1 aromatic rings. The van der Waals surface area contributed by atoms with E-state index < -0.39 is 5.97 Å². The fourth-order valence-electron chi connectivity index (χ4n) is 0.598. The van der Waals surface area contributed by atoms with Gasteiger partial charge in [0, 0.05) is 6.07 Å². The molecule has 0 atom stereocenters. The Kier molecular flexibility index (Phi) is 2.59. The van der Waals surface area contributed by atoms with Gasteiger partial charge in [0.15, 0.2) is 5.69 Å². The van der Waals surface area contributed by atoms with Crippen LogP contribution in [0, 0.1) is 0 Å². The van der Waals surface area contributed by atoms with Gasteiger partial charge in [0.1, 0.15) is 4.60 Å². The van der Waals surface area contributed by atoms with Crippen LogP contribution < -0.4 is 4.74 Å². The van der Waals surface area contributed by atoms with Crippen molar-refractivity contribution in [2.45, 2.75) is 0 Å². The fraction of sp³-hybridized carbons (Fsp3) is 0.167. The lowest BCUT2D eigenvalue weighted by Gasteiger charge is -1.99. The van der Waals surface area contributed by atoms with Gasteiger partial charge in [0.25, 0.3) is 0 Å². The number of carboxylic acid groups (broad SMARTS) is 1. The van der Waals surface area contributed by atoms with E-state index in [0.717, 1.165) is 0 Å². The molecule has 0 bridgehead atoms.